The smallest absolute Gasteiger partial charge is 0.262 e. The van der Waals surface area contributed by atoms with E-state index in [-0.39, 0.29) is 5.91 Å². The van der Waals surface area contributed by atoms with Crippen LogP contribution >= 0.6 is 0 Å². The Morgan fingerprint density at radius 2 is 2.10 bits per heavy atom. The third-order valence-electron chi connectivity index (χ3n) is 3.36. The Hall–Kier alpha value is -1.69. The fourth-order valence-corrected chi connectivity index (χ4v) is 2.24. The van der Waals surface area contributed by atoms with Crippen molar-refractivity contribution in [1.29, 1.82) is 0 Å². The van der Waals surface area contributed by atoms with E-state index in [9.17, 15) is 13.6 Å². The van der Waals surface area contributed by atoms with Crippen LogP contribution in [0.2, 0.25) is 0 Å². The molecule has 1 aromatic rings. The predicted octanol–water partition coefficient (Wildman–Crippen LogP) is 1.65. The van der Waals surface area contributed by atoms with Crippen molar-refractivity contribution in [3.05, 3.63) is 29.8 Å². The van der Waals surface area contributed by atoms with Gasteiger partial charge in [0.25, 0.3) is 5.92 Å². The van der Waals surface area contributed by atoms with Crippen molar-refractivity contribution in [3.63, 3.8) is 0 Å². The Labute approximate surface area is 116 Å². The van der Waals surface area contributed by atoms with Crippen LogP contribution in [0.25, 0.3) is 0 Å². The molecule has 0 aromatic heterocycles. The van der Waals surface area contributed by atoms with E-state index >= 15 is 0 Å². The van der Waals surface area contributed by atoms with Gasteiger partial charge in [0.1, 0.15) is 5.75 Å². The number of hydrogen-bond acceptors (Lipinski definition) is 3. The van der Waals surface area contributed by atoms with Crippen LogP contribution in [-0.2, 0) is 11.3 Å². The largest absolute Gasteiger partial charge is 0.497 e. The Kier molecular flexibility index (Phi) is 4.23. The SMILES string of the molecule is COc1ccc(CN(C)C(=O)C2CC(F)(F)CN2)cc1. The molecular formula is C14H18F2N2O2. The molecule has 1 aliphatic rings. The van der Waals surface area contributed by atoms with Crippen LogP contribution in [0.15, 0.2) is 24.3 Å². The maximum atomic E-state index is 13.1. The molecule has 1 unspecified atom stereocenters. The number of benzene rings is 1. The Balaban J connectivity index is 1.93. The molecule has 6 heteroatoms. The van der Waals surface area contributed by atoms with Gasteiger partial charge in [-0.2, -0.15) is 0 Å². The average molecular weight is 284 g/mol. The number of carbonyl (C=O) groups is 1. The Morgan fingerprint density at radius 3 is 2.60 bits per heavy atom. The number of halogens is 2. The summed E-state index contributed by atoms with van der Waals surface area (Å²) in [7, 11) is 3.20. The van der Waals surface area contributed by atoms with E-state index < -0.39 is 24.9 Å². The molecular weight excluding hydrogens is 266 g/mol. The minimum Gasteiger partial charge on any atom is -0.497 e. The summed E-state index contributed by atoms with van der Waals surface area (Å²) in [5.41, 5.74) is 0.923. The van der Waals surface area contributed by atoms with Gasteiger partial charge >= 0.3 is 0 Å². The van der Waals surface area contributed by atoms with Gasteiger partial charge in [-0.05, 0) is 17.7 Å². The lowest BCUT2D eigenvalue weighted by molar-refractivity contribution is -0.132. The van der Waals surface area contributed by atoms with Crippen LogP contribution in [0.5, 0.6) is 5.75 Å². The molecule has 1 amide bonds. The highest BCUT2D eigenvalue weighted by Gasteiger charge is 2.43. The molecule has 1 aliphatic heterocycles. The molecule has 110 valence electrons. The molecule has 1 N–H and O–H groups in total. The van der Waals surface area contributed by atoms with E-state index in [1.54, 1.807) is 26.3 Å². The topological polar surface area (TPSA) is 41.6 Å². The maximum Gasteiger partial charge on any atom is 0.262 e. The van der Waals surface area contributed by atoms with Gasteiger partial charge < -0.3 is 9.64 Å². The first kappa shape index (κ1) is 14.7. The predicted molar refractivity (Wildman–Crippen MR) is 70.8 cm³/mol. The third-order valence-corrected chi connectivity index (χ3v) is 3.36. The highest BCUT2D eigenvalue weighted by atomic mass is 19.3. The van der Waals surface area contributed by atoms with Crippen molar-refractivity contribution in [2.24, 2.45) is 0 Å². The van der Waals surface area contributed by atoms with Crippen molar-refractivity contribution in [2.75, 3.05) is 20.7 Å². The number of hydrogen-bond donors (Lipinski definition) is 1. The fraction of sp³-hybridized carbons (Fsp3) is 0.500. The molecule has 0 aliphatic carbocycles. The normalized spacial score (nSPS) is 20.7. The monoisotopic (exact) mass is 284 g/mol. The van der Waals surface area contributed by atoms with Crippen LogP contribution in [0, 0.1) is 0 Å². The summed E-state index contributed by atoms with van der Waals surface area (Å²) in [6.07, 6.45) is -0.432. The van der Waals surface area contributed by atoms with Crippen molar-refractivity contribution < 1.29 is 18.3 Å². The summed E-state index contributed by atoms with van der Waals surface area (Å²) >= 11 is 0. The lowest BCUT2D eigenvalue weighted by Gasteiger charge is -2.21. The lowest BCUT2D eigenvalue weighted by atomic mass is 10.1. The highest BCUT2D eigenvalue weighted by Crippen LogP contribution is 2.26. The van der Waals surface area contributed by atoms with Crippen LogP contribution in [-0.4, -0.2) is 43.5 Å². The summed E-state index contributed by atoms with van der Waals surface area (Å²) in [5.74, 6) is -2.36. The standard InChI is InChI=1S/C14H18F2N2O2/c1-18(8-10-3-5-11(20-2)6-4-10)13(19)12-7-14(15,16)9-17-12/h3-6,12,17H,7-9H2,1-2H3. The van der Waals surface area contributed by atoms with E-state index in [0.717, 1.165) is 11.3 Å². The number of nitrogens with one attached hydrogen (secondary N) is 1. The number of ether oxygens (including phenoxy) is 1. The molecule has 4 nitrogen and oxygen atoms in total. The quantitative estimate of drug-likeness (QED) is 0.914. The zero-order valence-electron chi connectivity index (χ0n) is 11.5. The Bertz CT molecular complexity index is 477. The minimum absolute atomic E-state index is 0.307. The first-order valence-electron chi connectivity index (χ1n) is 6.40. The molecule has 1 saturated heterocycles. The van der Waals surface area contributed by atoms with Crippen LogP contribution in [0.1, 0.15) is 12.0 Å². The van der Waals surface area contributed by atoms with E-state index in [1.165, 1.54) is 4.90 Å². The second-order valence-electron chi connectivity index (χ2n) is 5.04. The first-order valence-corrected chi connectivity index (χ1v) is 6.40. The lowest BCUT2D eigenvalue weighted by Crippen LogP contribution is -2.41. The summed E-state index contributed by atoms with van der Waals surface area (Å²) in [5, 5.41) is 2.57. The van der Waals surface area contributed by atoms with Gasteiger partial charge in [-0.25, -0.2) is 8.78 Å². The zero-order valence-corrected chi connectivity index (χ0v) is 11.5. The number of likely N-dealkylation sites (N-methyl/N-ethyl adjacent to an activating group) is 1. The van der Waals surface area contributed by atoms with Crippen molar-refractivity contribution in [1.82, 2.24) is 10.2 Å². The summed E-state index contributed by atoms with van der Waals surface area (Å²) < 4.78 is 31.2. The van der Waals surface area contributed by atoms with E-state index in [1.807, 2.05) is 12.1 Å². The van der Waals surface area contributed by atoms with Crippen LogP contribution < -0.4 is 10.1 Å². The number of rotatable bonds is 4. The Morgan fingerprint density at radius 1 is 1.45 bits per heavy atom. The number of carbonyl (C=O) groups excluding carboxylic acids is 1. The second-order valence-corrected chi connectivity index (χ2v) is 5.04. The molecule has 0 bridgehead atoms. The summed E-state index contributed by atoms with van der Waals surface area (Å²) in [6, 6.07) is 6.50. The molecule has 1 aromatic carbocycles. The fourth-order valence-electron chi connectivity index (χ4n) is 2.24. The van der Waals surface area contributed by atoms with Gasteiger partial charge in [0.05, 0.1) is 19.7 Å². The average Bonchev–Trinajstić information content (AvgIpc) is 2.79. The highest BCUT2D eigenvalue weighted by molar-refractivity contribution is 5.82. The van der Waals surface area contributed by atoms with Crippen LogP contribution in [0.3, 0.4) is 0 Å². The van der Waals surface area contributed by atoms with E-state index in [0.29, 0.717) is 6.54 Å². The van der Waals surface area contributed by atoms with Gasteiger partial charge in [-0.3, -0.25) is 10.1 Å². The molecule has 1 fully saturated rings. The maximum absolute atomic E-state index is 13.1. The van der Waals surface area contributed by atoms with Crippen molar-refractivity contribution >= 4 is 5.91 Å². The van der Waals surface area contributed by atoms with Crippen molar-refractivity contribution in [3.8, 4) is 5.75 Å². The number of amides is 1. The van der Waals surface area contributed by atoms with Gasteiger partial charge in [0.2, 0.25) is 5.91 Å². The third kappa shape index (κ3) is 3.45. The van der Waals surface area contributed by atoms with Crippen LogP contribution in [0.4, 0.5) is 8.78 Å². The first-order chi connectivity index (χ1) is 9.41. The molecule has 0 saturated carbocycles. The van der Waals surface area contributed by atoms with Gasteiger partial charge in [-0.15, -0.1) is 0 Å². The molecule has 1 heterocycles. The zero-order chi connectivity index (χ0) is 14.8. The van der Waals surface area contributed by atoms with E-state index in [4.69, 9.17) is 4.74 Å². The van der Waals surface area contributed by atoms with Crippen molar-refractivity contribution in [2.45, 2.75) is 24.9 Å². The van der Waals surface area contributed by atoms with Gasteiger partial charge in [-0.1, -0.05) is 12.1 Å². The summed E-state index contributed by atoms with van der Waals surface area (Å²) in [6.45, 7) is -0.0492. The minimum atomic E-state index is -2.79. The number of methoxy groups -OCH3 is 1. The number of alkyl halides is 2. The molecule has 2 rings (SSSR count). The number of nitrogens with zero attached hydrogens (tertiary/aromatic N) is 1. The summed E-state index contributed by atoms with van der Waals surface area (Å²) in [4.78, 5) is 13.5. The van der Waals surface area contributed by atoms with Gasteiger partial charge in [0, 0.05) is 20.0 Å². The van der Waals surface area contributed by atoms with Gasteiger partial charge in [0.15, 0.2) is 0 Å². The molecule has 1 atom stereocenters. The molecule has 0 spiro atoms. The molecule has 0 radical (unpaired) electrons. The second kappa shape index (κ2) is 5.75. The molecule has 20 heavy (non-hydrogen) atoms. The van der Waals surface area contributed by atoms with E-state index in [2.05, 4.69) is 5.32 Å².